The van der Waals surface area contributed by atoms with Gasteiger partial charge in [0.15, 0.2) is 11.9 Å². The van der Waals surface area contributed by atoms with Crippen LogP contribution in [0.15, 0.2) is 67.1 Å². The van der Waals surface area contributed by atoms with Gasteiger partial charge in [0.1, 0.15) is 0 Å². The van der Waals surface area contributed by atoms with Crippen molar-refractivity contribution in [2.75, 3.05) is 0 Å². The van der Waals surface area contributed by atoms with E-state index < -0.39 is 0 Å². The normalized spacial score (nSPS) is 11.8. The second kappa shape index (κ2) is 7.07. The molecule has 0 atom stereocenters. The Kier molecular flexibility index (Phi) is 4.70. The Balaban J connectivity index is 2.12. The fourth-order valence-corrected chi connectivity index (χ4v) is 3.93. The van der Waals surface area contributed by atoms with Gasteiger partial charge in [0.2, 0.25) is 22.6 Å². The summed E-state index contributed by atoms with van der Waals surface area (Å²) >= 11 is 0. The number of rotatable bonds is 2. The molecule has 29 heavy (non-hydrogen) atoms. The molecular weight excluding hydrogens is 354 g/mol. The molecule has 0 spiro atoms. The Labute approximate surface area is 173 Å². The van der Waals surface area contributed by atoms with E-state index in [1.54, 1.807) is 0 Å². The third-order valence-electron chi connectivity index (χ3n) is 5.70. The summed E-state index contributed by atoms with van der Waals surface area (Å²) in [5.74, 6) is 0. The highest BCUT2D eigenvalue weighted by Crippen LogP contribution is 2.28. The maximum Gasteiger partial charge on any atom is 0.221 e. The quantitative estimate of drug-likeness (QED) is 0.446. The van der Waals surface area contributed by atoms with Crippen molar-refractivity contribution in [3.8, 4) is 11.4 Å². The zero-order chi connectivity index (χ0) is 20.8. The zero-order valence-corrected chi connectivity index (χ0v) is 18.2. The van der Waals surface area contributed by atoms with Crippen LogP contribution in [0.3, 0.4) is 0 Å². The molecule has 0 fully saturated rings. The summed E-state index contributed by atoms with van der Waals surface area (Å²) in [5, 5.41) is 1.24. The smallest absolute Gasteiger partial charge is 0.221 e. The number of nitrogens with zero attached hydrogens (tertiary/aromatic N) is 3. The number of aryl methyl sites for hydroxylation is 2. The number of aromatic nitrogens is 3. The maximum absolute atomic E-state index is 4.28. The van der Waals surface area contributed by atoms with E-state index in [0.717, 1.165) is 5.69 Å². The van der Waals surface area contributed by atoms with Gasteiger partial charge >= 0.3 is 0 Å². The van der Waals surface area contributed by atoms with Gasteiger partial charge in [-0.3, -0.25) is 4.98 Å². The van der Waals surface area contributed by atoms with Crippen LogP contribution in [-0.4, -0.2) is 4.98 Å². The maximum atomic E-state index is 4.28. The highest BCUT2D eigenvalue weighted by molar-refractivity contribution is 5.76. The SMILES string of the molecule is Cc1c(-[n+]2ccncc2C)cc(C(C)(C)C)cc1-[n+]1c(C)ccc2ccccc21. The molecule has 4 rings (SSSR count). The molecule has 2 heterocycles. The van der Waals surface area contributed by atoms with Crippen LogP contribution in [0.4, 0.5) is 0 Å². The molecule has 3 nitrogen and oxygen atoms in total. The average molecular weight is 384 g/mol. The summed E-state index contributed by atoms with van der Waals surface area (Å²) < 4.78 is 4.63. The van der Waals surface area contributed by atoms with Crippen molar-refractivity contribution in [2.24, 2.45) is 0 Å². The van der Waals surface area contributed by atoms with E-state index in [4.69, 9.17) is 0 Å². The molecule has 0 aliphatic heterocycles. The summed E-state index contributed by atoms with van der Waals surface area (Å²) in [5.41, 5.74) is 8.60. The topological polar surface area (TPSA) is 20.6 Å². The fourth-order valence-electron chi connectivity index (χ4n) is 3.93. The second-order valence-electron chi connectivity index (χ2n) is 8.85. The number of hydrogen-bond donors (Lipinski definition) is 0. The lowest BCUT2D eigenvalue weighted by Gasteiger charge is -2.20. The van der Waals surface area contributed by atoms with Crippen molar-refractivity contribution in [2.45, 2.75) is 47.0 Å². The monoisotopic (exact) mass is 383 g/mol. The van der Waals surface area contributed by atoms with E-state index >= 15 is 0 Å². The molecule has 146 valence electrons. The molecular formula is C26H29N3+2. The molecule has 0 aliphatic carbocycles. The predicted molar refractivity (Wildman–Crippen MR) is 118 cm³/mol. The van der Waals surface area contributed by atoms with Gasteiger partial charge in [0.25, 0.3) is 0 Å². The van der Waals surface area contributed by atoms with Crippen molar-refractivity contribution in [3.63, 3.8) is 0 Å². The summed E-state index contributed by atoms with van der Waals surface area (Å²) in [6.07, 6.45) is 5.82. The van der Waals surface area contributed by atoms with Gasteiger partial charge in [-0.2, -0.15) is 9.13 Å². The highest BCUT2D eigenvalue weighted by atomic mass is 15.0. The molecule has 0 unspecified atom stereocenters. The Hall–Kier alpha value is -3.07. The first-order valence-corrected chi connectivity index (χ1v) is 10.2. The van der Waals surface area contributed by atoms with E-state index in [-0.39, 0.29) is 5.41 Å². The van der Waals surface area contributed by atoms with Crippen molar-refractivity contribution < 1.29 is 9.13 Å². The van der Waals surface area contributed by atoms with Gasteiger partial charge in [0, 0.05) is 43.5 Å². The van der Waals surface area contributed by atoms with Crippen molar-refractivity contribution in [3.05, 3.63) is 89.6 Å². The van der Waals surface area contributed by atoms with Gasteiger partial charge in [-0.15, -0.1) is 0 Å². The van der Waals surface area contributed by atoms with E-state index in [2.05, 4.69) is 110 Å². The lowest BCUT2D eigenvalue weighted by atomic mass is 9.85. The van der Waals surface area contributed by atoms with E-state index in [1.807, 2.05) is 12.4 Å². The first kappa shape index (κ1) is 19.3. The third-order valence-corrected chi connectivity index (χ3v) is 5.70. The van der Waals surface area contributed by atoms with Crippen LogP contribution >= 0.6 is 0 Å². The summed E-state index contributed by atoms with van der Waals surface area (Å²) in [6, 6.07) is 17.7. The van der Waals surface area contributed by atoms with Gasteiger partial charge in [-0.05, 0) is 30.0 Å². The van der Waals surface area contributed by atoms with Crippen LogP contribution in [0.5, 0.6) is 0 Å². The molecule has 0 saturated carbocycles. The predicted octanol–water partition coefficient (Wildman–Crippen LogP) is 5.01. The van der Waals surface area contributed by atoms with Crippen LogP contribution in [0, 0.1) is 20.8 Å². The minimum absolute atomic E-state index is 0.0394. The van der Waals surface area contributed by atoms with E-state index in [9.17, 15) is 0 Å². The standard InChI is InChI=1S/C26H29N3/c1-18-11-12-21-9-7-8-10-23(21)29(18)25-16-22(26(4,5)6)15-24(20(25)3)28-14-13-27-17-19(28)2/h7-17H,1-6H3/q+2. The fraction of sp³-hybridized carbons (Fsp3) is 0.269. The van der Waals surface area contributed by atoms with Crippen LogP contribution in [0.1, 0.15) is 43.3 Å². The number of pyridine rings is 1. The number of para-hydroxylation sites is 1. The Morgan fingerprint density at radius 1 is 0.828 bits per heavy atom. The van der Waals surface area contributed by atoms with Gasteiger partial charge in [-0.25, -0.2) is 0 Å². The van der Waals surface area contributed by atoms with Gasteiger partial charge in [0.05, 0.1) is 18.0 Å². The molecule has 2 aromatic carbocycles. The number of hydrogen-bond acceptors (Lipinski definition) is 1. The number of fused-ring (bicyclic) bond motifs is 1. The second-order valence-corrected chi connectivity index (χ2v) is 8.85. The average Bonchev–Trinajstić information content (AvgIpc) is 2.68. The van der Waals surface area contributed by atoms with E-state index in [0.29, 0.717) is 0 Å². The molecule has 3 heteroatoms. The lowest BCUT2D eigenvalue weighted by molar-refractivity contribution is -0.606. The zero-order valence-electron chi connectivity index (χ0n) is 18.2. The largest absolute Gasteiger partial charge is 0.252 e. The summed E-state index contributed by atoms with van der Waals surface area (Å²) in [6.45, 7) is 13.3. The minimum atomic E-state index is 0.0394. The van der Waals surface area contributed by atoms with Crippen LogP contribution in [-0.2, 0) is 5.41 Å². The molecule has 0 amide bonds. The molecule has 4 aromatic rings. The van der Waals surface area contributed by atoms with E-state index in [1.165, 1.54) is 39.1 Å². The first-order valence-electron chi connectivity index (χ1n) is 10.2. The summed E-state index contributed by atoms with van der Waals surface area (Å²) in [7, 11) is 0. The van der Waals surface area contributed by atoms with Gasteiger partial charge < -0.3 is 0 Å². The van der Waals surface area contributed by atoms with Crippen LogP contribution in [0.25, 0.3) is 22.3 Å². The van der Waals surface area contributed by atoms with Crippen LogP contribution in [0.2, 0.25) is 0 Å². The van der Waals surface area contributed by atoms with Crippen LogP contribution < -0.4 is 9.13 Å². The molecule has 0 saturated heterocycles. The lowest BCUT2D eigenvalue weighted by Crippen LogP contribution is -2.40. The van der Waals surface area contributed by atoms with Crippen molar-refractivity contribution >= 4 is 10.9 Å². The molecule has 0 bridgehead atoms. The number of benzene rings is 2. The first-order chi connectivity index (χ1) is 13.8. The Morgan fingerprint density at radius 2 is 1.55 bits per heavy atom. The molecule has 2 aromatic heterocycles. The van der Waals surface area contributed by atoms with Crippen molar-refractivity contribution in [1.82, 2.24) is 4.98 Å². The van der Waals surface area contributed by atoms with Gasteiger partial charge in [-0.1, -0.05) is 32.9 Å². The highest BCUT2D eigenvalue weighted by Gasteiger charge is 2.28. The molecule has 0 aliphatic rings. The molecule has 0 radical (unpaired) electrons. The Morgan fingerprint density at radius 3 is 2.28 bits per heavy atom. The minimum Gasteiger partial charge on any atom is -0.252 e. The molecule has 0 N–H and O–H groups in total. The third kappa shape index (κ3) is 3.42. The Bertz CT molecular complexity index is 1220. The summed E-state index contributed by atoms with van der Waals surface area (Å²) in [4.78, 5) is 4.28. The van der Waals surface area contributed by atoms with Crippen molar-refractivity contribution in [1.29, 1.82) is 0 Å².